The summed E-state index contributed by atoms with van der Waals surface area (Å²) in [5, 5.41) is 5.89. The summed E-state index contributed by atoms with van der Waals surface area (Å²) >= 11 is 1.46. The lowest BCUT2D eigenvalue weighted by molar-refractivity contribution is 0.405. The first-order valence-corrected chi connectivity index (χ1v) is 11.9. The Morgan fingerprint density at radius 2 is 1.77 bits per heavy atom. The maximum absolute atomic E-state index is 12.7. The fourth-order valence-corrected chi connectivity index (χ4v) is 5.61. The van der Waals surface area contributed by atoms with Gasteiger partial charge in [0.15, 0.2) is 5.13 Å². The zero-order valence-corrected chi connectivity index (χ0v) is 18.4. The smallest absolute Gasteiger partial charge is 0.243 e. The molecule has 30 heavy (non-hydrogen) atoms. The van der Waals surface area contributed by atoms with Gasteiger partial charge in [-0.25, -0.2) is 13.4 Å². The average molecular weight is 446 g/mol. The zero-order chi connectivity index (χ0) is 21.1. The summed E-state index contributed by atoms with van der Waals surface area (Å²) in [6, 6.07) is 12.4. The molecule has 0 spiro atoms. The topological polar surface area (TPSA) is 80.8 Å². The second-order valence-electron chi connectivity index (χ2n) is 6.86. The van der Waals surface area contributed by atoms with Crippen LogP contribution in [-0.2, 0) is 10.0 Å². The lowest BCUT2D eigenvalue weighted by atomic mass is 10.2. The van der Waals surface area contributed by atoms with Gasteiger partial charge in [0.25, 0.3) is 0 Å². The summed E-state index contributed by atoms with van der Waals surface area (Å²) in [7, 11) is -0.189. The molecule has 1 fully saturated rings. The molecule has 2 aromatic carbocycles. The third-order valence-corrected chi connectivity index (χ3v) is 7.68. The van der Waals surface area contributed by atoms with Crippen LogP contribution in [0.2, 0.25) is 0 Å². The molecule has 0 amide bonds. The number of methoxy groups -OCH3 is 2. The van der Waals surface area contributed by atoms with E-state index >= 15 is 0 Å². The first kappa shape index (κ1) is 20.6. The summed E-state index contributed by atoms with van der Waals surface area (Å²) in [6.07, 6.45) is 1.84. The molecule has 1 aliphatic heterocycles. The molecule has 1 aromatic heterocycles. The summed E-state index contributed by atoms with van der Waals surface area (Å²) < 4.78 is 37.6. The van der Waals surface area contributed by atoms with E-state index in [-0.39, 0.29) is 0 Å². The number of nitrogens with zero attached hydrogens (tertiary/aromatic N) is 2. The first-order chi connectivity index (χ1) is 14.5. The largest absolute Gasteiger partial charge is 0.497 e. The molecule has 1 saturated heterocycles. The van der Waals surface area contributed by atoms with Crippen molar-refractivity contribution in [1.29, 1.82) is 0 Å². The molecule has 7 nitrogen and oxygen atoms in total. The number of rotatable bonds is 7. The molecule has 0 radical (unpaired) electrons. The Labute approximate surface area is 180 Å². The lowest BCUT2D eigenvalue weighted by Crippen LogP contribution is -2.27. The highest BCUT2D eigenvalue weighted by molar-refractivity contribution is 7.89. The zero-order valence-electron chi connectivity index (χ0n) is 16.8. The van der Waals surface area contributed by atoms with Crippen LogP contribution in [0.4, 0.5) is 10.8 Å². The third kappa shape index (κ3) is 4.14. The molecular formula is C21H23N3O4S2. The molecular weight excluding hydrogens is 422 g/mol. The Hall–Kier alpha value is -2.62. The minimum atomic E-state index is -3.41. The molecule has 3 aromatic rings. The van der Waals surface area contributed by atoms with E-state index in [1.54, 1.807) is 42.8 Å². The number of hydrogen-bond acceptors (Lipinski definition) is 7. The molecule has 0 bridgehead atoms. The van der Waals surface area contributed by atoms with Gasteiger partial charge in [0.2, 0.25) is 10.0 Å². The van der Waals surface area contributed by atoms with Crippen molar-refractivity contribution < 1.29 is 17.9 Å². The second-order valence-corrected chi connectivity index (χ2v) is 9.66. The maximum atomic E-state index is 12.7. The predicted octanol–water partition coefficient (Wildman–Crippen LogP) is 4.36. The van der Waals surface area contributed by atoms with Crippen LogP contribution in [0, 0.1) is 0 Å². The van der Waals surface area contributed by atoms with Crippen molar-refractivity contribution >= 4 is 32.2 Å². The standard InChI is InChI=1S/C21H23N3O4S2/c1-27-16-7-10-20(28-2)18(13-16)22-21-23-19(14-29-21)15-5-8-17(9-6-15)30(25,26)24-11-3-4-12-24/h5-10,13-14H,3-4,11-12H2,1-2H3,(H,22,23). The Morgan fingerprint density at radius 1 is 1.03 bits per heavy atom. The van der Waals surface area contributed by atoms with Crippen molar-refractivity contribution in [3.8, 4) is 22.8 Å². The molecule has 0 aliphatic carbocycles. The minimum Gasteiger partial charge on any atom is -0.497 e. The van der Waals surface area contributed by atoms with Gasteiger partial charge in [-0.05, 0) is 37.1 Å². The molecule has 1 aliphatic rings. The second kappa shape index (κ2) is 8.63. The van der Waals surface area contributed by atoms with Crippen LogP contribution < -0.4 is 14.8 Å². The number of anilines is 2. The molecule has 158 valence electrons. The lowest BCUT2D eigenvalue weighted by Gasteiger charge is -2.15. The van der Waals surface area contributed by atoms with Crippen LogP contribution in [0.5, 0.6) is 11.5 Å². The highest BCUT2D eigenvalue weighted by atomic mass is 32.2. The Balaban J connectivity index is 1.53. The van der Waals surface area contributed by atoms with E-state index in [1.807, 2.05) is 23.6 Å². The average Bonchev–Trinajstić information content (AvgIpc) is 3.46. The summed E-state index contributed by atoms with van der Waals surface area (Å²) in [6.45, 7) is 1.19. The fourth-order valence-electron chi connectivity index (χ4n) is 3.37. The van der Waals surface area contributed by atoms with E-state index in [2.05, 4.69) is 10.3 Å². The van der Waals surface area contributed by atoms with Crippen molar-refractivity contribution in [1.82, 2.24) is 9.29 Å². The van der Waals surface area contributed by atoms with Crippen LogP contribution in [0.1, 0.15) is 12.8 Å². The Bertz CT molecular complexity index is 1120. The van der Waals surface area contributed by atoms with Gasteiger partial charge in [-0.1, -0.05) is 12.1 Å². The normalized spacial score (nSPS) is 14.6. The number of hydrogen-bond donors (Lipinski definition) is 1. The van der Waals surface area contributed by atoms with Gasteiger partial charge in [-0.3, -0.25) is 0 Å². The van der Waals surface area contributed by atoms with Crippen LogP contribution in [0.15, 0.2) is 52.7 Å². The van der Waals surface area contributed by atoms with Crippen molar-refractivity contribution in [2.24, 2.45) is 0 Å². The van der Waals surface area contributed by atoms with Gasteiger partial charge in [0.1, 0.15) is 11.5 Å². The van der Waals surface area contributed by atoms with Gasteiger partial charge >= 0.3 is 0 Å². The quantitative estimate of drug-likeness (QED) is 0.582. The Morgan fingerprint density at radius 3 is 2.43 bits per heavy atom. The number of aromatic nitrogens is 1. The van der Waals surface area contributed by atoms with Crippen LogP contribution in [0.25, 0.3) is 11.3 Å². The highest BCUT2D eigenvalue weighted by Crippen LogP contribution is 2.34. The van der Waals surface area contributed by atoms with Crippen LogP contribution in [-0.4, -0.2) is 45.0 Å². The Kier molecular flexibility index (Phi) is 5.94. The minimum absolute atomic E-state index is 0.322. The SMILES string of the molecule is COc1ccc(OC)c(Nc2nc(-c3ccc(S(=O)(=O)N4CCCC4)cc3)cs2)c1. The van der Waals surface area contributed by atoms with Crippen LogP contribution >= 0.6 is 11.3 Å². The van der Waals surface area contributed by atoms with Crippen molar-refractivity contribution in [2.45, 2.75) is 17.7 Å². The molecule has 4 rings (SSSR count). The monoisotopic (exact) mass is 445 g/mol. The molecule has 0 unspecified atom stereocenters. The predicted molar refractivity (Wildman–Crippen MR) is 118 cm³/mol. The molecule has 2 heterocycles. The van der Waals surface area contributed by atoms with Crippen molar-refractivity contribution in [2.75, 3.05) is 32.6 Å². The van der Waals surface area contributed by atoms with Crippen molar-refractivity contribution in [3.05, 3.63) is 47.8 Å². The number of benzene rings is 2. The van der Waals surface area contributed by atoms with Crippen LogP contribution in [0.3, 0.4) is 0 Å². The van der Waals surface area contributed by atoms with Gasteiger partial charge in [0.05, 0.1) is 30.5 Å². The fraction of sp³-hybridized carbons (Fsp3) is 0.286. The first-order valence-electron chi connectivity index (χ1n) is 9.56. The number of ether oxygens (including phenoxy) is 2. The summed E-state index contributed by atoms with van der Waals surface area (Å²) in [5.74, 6) is 1.40. The van der Waals surface area contributed by atoms with E-state index in [0.29, 0.717) is 34.6 Å². The van der Waals surface area contributed by atoms with Crippen molar-refractivity contribution in [3.63, 3.8) is 0 Å². The van der Waals surface area contributed by atoms with Gasteiger partial charge in [-0.15, -0.1) is 11.3 Å². The van der Waals surface area contributed by atoms with Gasteiger partial charge in [-0.2, -0.15) is 4.31 Å². The van der Waals surface area contributed by atoms with E-state index in [9.17, 15) is 8.42 Å². The molecule has 0 atom stereocenters. The molecule has 9 heteroatoms. The van der Waals surface area contributed by atoms with E-state index in [0.717, 1.165) is 29.8 Å². The third-order valence-electron chi connectivity index (χ3n) is 5.01. The van der Waals surface area contributed by atoms with E-state index < -0.39 is 10.0 Å². The summed E-state index contributed by atoms with van der Waals surface area (Å²) in [5.41, 5.74) is 2.39. The van der Waals surface area contributed by atoms with E-state index in [4.69, 9.17) is 9.47 Å². The highest BCUT2D eigenvalue weighted by Gasteiger charge is 2.27. The number of thiazole rings is 1. The maximum Gasteiger partial charge on any atom is 0.243 e. The number of sulfonamides is 1. The number of nitrogens with one attached hydrogen (secondary N) is 1. The van der Waals surface area contributed by atoms with E-state index in [1.165, 1.54) is 11.3 Å². The molecule has 1 N–H and O–H groups in total. The molecule has 0 saturated carbocycles. The van der Waals surface area contributed by atoms with Gasteiger partial charge in [0, 0.05) is 30.1 Å². The van der Waals surface area contributed by atoms with Gasteiger partial charge < -0.3 is 14.8 Å². The summed E-state index contributed by atoms with van der Waals surface area (Å²) in [4.78, 5) is 4.95.